The van der Waals surface area contributed by atoms with Gasteiger partial charge in [-0.1, -0.05) is 13.3 Å². The van der Waals surface area contributed by atoms with E-state index in [9.17, 15) is 0 Å². The quantitative estimate of drug-likeness (QED) is 0.874. The maximum Gasteiger partial charge on any atom is 0.0951 e. The predicted octanol–water partition coefficient (Wildman–Crippen LogP) is 2.93. The Morgan fingerprint density at radius 3 is 2.65 bits per heavy atom. The summed E-state index contributed by atoms with van der Waals surface area (Å²) in [7, 11) is 0. The highest BCUT2D eigenvalue weighted by atomic mass is 16.3. The van der Waals surface area contributed by atoms with Gasteiger partial charge < -0.3 is 10.2 Å². The summed E-state index contributed by atoms with van der Waals surface area (Å²) in [6.45, 7) is 6.87. The van der Waals surface area contributed by atoms with E-state index in [4.69, 9.17) is 10.2 Å². The molecule has 0 bridgehead atoms. The largest absolute Gasteiger partial charge is 0.472 e. The molecule has 0 saturated carbocycles. The second kappa shape index (κ2) is 5.23. The minimum Gasteiger partial charge on any atom is -0.472 e. The summed E-state index contributed by atoms with van der Waals surface area (Å²) in [5, 5.41) is 0. The van der Waals surface area contributed by atoms with E-state index in [1.54, 1.807) is 12.5 Å². The second-order valence-corrected chi connectivity index (χ2v) is 5.29. The van der Waals surface area contributed by atoms with Gasteiger partial charge in [0.25, 0.3) is 0 Å². The zero-order valence-corrected chi connectivity index (χ0v) is 11.0. The molecule has 1 aromatic heterocycles. The van der Waals surface area contributed by atoms with Crippen LogP contribution in [0.15, 0.2) is 23.0 Å². The van der Waals surface area contributed by atoms with Gasteiger partial charge >= 0.3 is 0 Å². The maximum absolute atomic E-state index is 6.46. The van der Waals surface area contributed by atoms with Gasteiger partial charge in [0.05, 0.1) is 18.6 Å². The van der Waals surface area contributed by atoms with Crippen LogP contribution in [0.25, 0.3) is 0 Å². The molecule has 2 rings (SSSR count). The molecule has 2 atom stereocenters. The molecule has 1 fully saturated rings. The van der Waals surface area contributed by atoms with E-state index >= 15 is 0 Å². The van der Waals surface area contributed by atoms with E-state index in [0.29, 0.717) is 0 Å². The van der Waals surface area contributed by atoms with Crippen molar-refractivity contribution in [3.8, 4) is 0 Å². The van der Waals surface area contributed by atoms with Crippen molar-refractivity contribution in [1.82, 2.24) is 4.90 Å². The number of piperidine rings is 1. The summed E-state index contributed by atoms with van der Waals surface area (Å²) >= 11 is 0. The summed E-state index contributed by atoms with van der Waals surface area (Å²) in [4.78, 5) is 2.56. The molecule has 0 amide bonds. The third-order valence-electron chi connectivity index (χ3n) is 4.37. The fourth-order valence-electron chi connectivity index (χ4n) is 2.86. The standard InChI is InChI=1S/C14H24N2O/c1-3-14(2,16-8-5-4-6-9-16)13(15)12-7-10-17-11-12/h7,10-11,13H,3-6,8-9,15H2,1-2H3. The normalized spacial score (nSPS) is 23.2. The Kier molecular flexibility index (Phi) is 3.89. The van der Waals surface area contributed by atoms with Crippen molar-refractivity contribution in [2.24, 2.45) is 5.73 Å². The first-order valence-electron chi connectivity index (χ1n) is 6.71. The maximum atomic E-state index is 6.46. The molecule has 3 nitrogen and oxygen atoms in total. The highest BCUT2D eigenvalue weighted by Gasteiger charge is 2.37. The minimum atomic E-state index is 0.0318. The smallest absolute Gasteiger partial charge is 0.0951 e. The Bertz CT molecular complexity index is 330. The van der Waals surface area contributed by atoms with Crippen molar-refractivity contribution >= 4 is 0 Å². The molecule has 0 aliphatic carbocycles. The van der Waals surface area contributed by atoms with E-state index in [2.05, 4.69) is 18.7 Å². The Balaban J connectivity index is 2.17. The average molecular weight is 236 g/mol. The molecular formula is C14H24N2O. The van der Waals surface area contributed by atoms with E-state index in [0.717, 1.165) is 12.0 Å². The van der Waals surface area contributed by atoms with E-state index in [-0.39, 0.29) is 11.6 Å². The first-order valence-corrected chi connectivity index (χ1v) is 6.71. The molecule has 1 aliphatic rings. The summed E-state index contributed by atoms with van der Waals surface area (Å²) in [5.41, 5.74) is 7.61. The molecular weight excluding hydrogens is 212 g/mol. The number of likely N-dealkylation sites (tertiary alicyclic amines) is 1. The SMILES string of the molecule is CCC(C)(C(N)c1ccoc1)N1CCCCC1. The molecule has 96 valence electrons. The van der Waals surface area contributed by atoms with Crippen LogP contribution < -0.4 is 5.73 Å². The Hall–Kier alpha value is -0.800. The number of hydrogen-bond donors (Lipinski definition) is 1. The van der Waals surface area contributed by atoms with Gasteiger partial charge in [0, 0.05) is 11.1 Å². The van der Waals surface area contributed by atoms with Crippen LogP contribution in [-0.4, -0.2) is 23.5 Å². The molecule has 17 heavy (non-hydrogen) atoms. The summed E-state index contributed by atoms with van der Waals surface area (Å²) in [6.07, 6.45) is 8.52. The Morgan fingerprint density at radius 2 is 2.12 bits per heavy atom. The number of hydrogen-bond acceptors (Lipinski definition) is 3. The second-order valence-electron chi connectivity index (χ2n) is 5.29. The zero-order valence-electron chi connectivity index (χ0n) is 11.0. The highest BCUT2D eigenvalue weighted by Crippen LogP contribution is 2.34. The first-order chi connectivity index (χ1) is 8.18. The number of rotatable bonds is 4. The monoisotopic (exact) mass is 236 g/mol. The van der Waals surface area contributed by atoms with Gasteiger partial charge in [-0.05, 0) is 45.3 Å². The van der Waals surface area contributed by atoms with Crippen molar-refractivity contribution in [3.05, 3.63) is 24.2 Å². The molecule has 0 spiro atoms. The molecule has 0 aromatic carbocycles. The van der Waals surface area contributed by atoms with E-state index in [1.807, 2.05) is 6.07 Å². The van der Waals surface area contributed by atoms with Crippen LogP contribution in [-0.2, 0) is 0 Å². The van der Waals surface area contributed by atoms with Gasteiger partial charge in [0.15, 0.2) is 0 Å². The molecule has 1 saturated heterocycles. The summed E-state index contributed by atoms with van der Waals surface area (Å²) in [6, 6.07) is 2.02. The number of nitrogens with zero attached hydrogens (tertiary/aromatic N) is 1. The zero-order chi connectivity index (χ0) is 12.3. The Morgan fingerprint density at radius 1 is 1.41 bits per heavy atom. The van der Waals surface area contributed by atoms with Crippen molar-refractivity contribution in [2.75, 3.05) is 13.1 Å². The molecule has 2 unspecified atom stereocenters. The van der Waals surface area contributed by atoms with E-state index in [1.165, 1.54) is 32.4 Å². The van der Waals surface area contributed by atoms with Crippen molar-refractivity contribution < 1.29 is 4.42 Å². The van der Waals surface area contributed by atoms with E-state index < -0.39 is 0 Å². The lowest BCUT2D eigenvalue weighted by Gasteiger charge is -2.46. The van der Waals surface area contributed by atoms with Crippen LogP contribution in [0.1, 0.15) is 51.1 Å². The molecule has 2 heterocycles. The summed E-state index contributed by atoms with van der Waals surface area (Å²) in [5.74, 6) is 0. The lowest BCUT2D eigenvalue weighted by molar-refractivity contribution is 0.0541. The van der Waals surface area contributed by atoms with Gasteiger partial charge in [-0.3, -0.25) is 4.90 Å². The van der Waals surface area contributed by atoms with Gasteiger partial charge in [-0.25, -0.2) is 0 Å². The first kappa shape index (κ1) is 12.7. The van der Waals surface area contributed by atoms with Gasteiger partial charge in [0.1, 0.15) is 0 Å². The van der Waals surface area contributed by atoms with Crippen LogP contribution in [0.3, 0.4) is 0 Å². The topological polar surface area (TPSA) is 42.4 Å². The number of nitrogens with two attached hydrogens (primary N) is 1. The molecule has 1 aliphatic heterocycles. The van der Waals surface area contributed by atoms with Crippen molar-refractivity contribution in [1.29, 1.82) is 0 Å². The molecule has 2 N–H and O–H groups in total. The average Bonchev–Trinajstić information content (AvgIpc) is 2.92. The third kappa shape index (κ3) is 2.40. The Labute approximate surface area is 104 Å². The highest BCUT2D eigenvalue weighted by molar-refractivity contribution is 5.17. The minimum absolute atomic E-state index is 0.0318. The lowest BCUT2D eigenvalue weighted by atomic mass is 9.83. The fraction of sp³-hybridized carbons (Fsp3) is 0.714. The summed E-state index contributed by atoms with van der Waals surface area (Å²) < 4.78 is 5.16. The van der Waals surface area contributed by atoms with Crippen LogP contribution in [0.5, 0.6) is 0 Å². The van der Waals surface area contributed by atoms with Gasteiger partial charge in [0.2, 0.25) is 0 Å². The number of furan rings is 1. The molecule has 1 aromatic rings. The predicted molar refractivity (Wildman–Crippen MR) is 69.8 cm³/mol. The molecule has 0 radical (unpaired) electrons. The van der Waals surface area contributed by atoms with Crippen molar-refractivity contribution in [3.63, 3.8) is 0 Å². The third-order valence-corrected chi connectivity index (χ3v) is 4.37. The van der Waals surface area contributed by atoms with Crippen LogP contribution >= 0.6 is 0 Å². The lowest BCUT2D eigenvalue weighted by Crippen LogP contribution is -2.54. The van der Waals surface area contributed by atoms with Crippen LogP contribution in [0, 0.1) is 0 Å². The van der Waals surface area contributed by atoms with Crippen LogP contribution in [0.4, 0.5) is 0 Å². The van der Waals surface area contributed by atoms with Crippen LogP contribution in [0.2, 0.25) is 0 Å². The molecule has 3 heteroatoms. The fourth-order valence-corrected chi connectivity index (χ4v) is 2.86. The van der Waals surface area contributed by atoms with Crippen molar-refractivity contribution in [2.45, 2.75) is 51.1 Å². The van der Waals surface area contributed by atoms with Gasteiger partial charge in [-0.15, -0.1) is 0 Å². The van der Waals surface area contributed by atoms with Gasteiger partial charge in [-0.2, -0.15) is 0 Å².